The third kappa shape index (κ3) is 0.969. The van der Waals surface area contributed by atoms with Gasteiger partial charge in [-0.05, 0) is 31.3 Å². The van der Waals surface area contributed by atoms with Gasteiger partial charge >= 0.3 is 0 Å². The first-order chi connectivity index (χ1) is 8.21. The molecule has 1 saturated heterocycles. The van der Waals surface area contributed by atoms with Crippen LogP contribution in [0.25, 0.3) is 0 Å². The number of piperidine rings is 1. The molecule has 1 aromatic rings. The fraction of sp³-hybridized carbons (Fsp3) is 0.500. The predicted octanol–water partition coefficient (Wildman–Crippen LogP) is 1.86. The van der Waals surface area contributed by atoms with E-state index in [-0.39, 0.29) is 6.54 Å². The SMILES string of the molecule is [2H]C1([2H])NCC2(c3cccc(C)c3)C([2H])([2H])C12[2H]. The van der Waals surface area contributed by atoms with Crippen LogP contribution in [0.2, 0.25) is 0 Å². The summed E-state index contributed by atoms with van der Waals surface area (Å²) >= 11 is 0. The summed E-state index contributed by atoms with van der Waals surface area (Å²) in [5.41, 5.74) is 0.644. The van der Waals surface area contributed by atoms with Crippen LogP contribution in [-0.2, 0) is 5.41 Å². The van der Waals surface area contributed by atoms with Gasteiger partial charge in [-0.3, -0.25) is 0 Å². The lowest BCUT2D eigenvalue weighted by Gasteiger charge is -2.12. The van der Waals surface area contributed by atoms with Gasteiger partial charge in [0.15, 0.2) is 0 Å². The molecule has 2 unspecified atom stereocenters. The zero-order valence-corrected chi connectivity index (χ0v) is 7.52. The van der Waals surface area contributed by atoms with Crippen LogP contribution in [0.1, 0.15) is 24.4 Å². The standard InChI is InChI=1S/C12H15N/c1-9-3-2-4-10(5-9)12-6-11(12)7-13-8-12/h2-5,11,13H,6-8H2,1H3/i6D2,7D2,11D. The summed E-state index contributed by atoms with van der Waals surface area (Å²) in [5, 5.41) is 2.66. The summed E-state index contributed by atoms with van der Waals surface area (Å²) in [6.45, 7) is 0.0843. The molecular weight excluding hydrogens is 158 g/mol. The monoisotopic (exact) mass is 178 g/mol. The summed E-state index contributed by atoms with van der Waals surface area (Å²) in [6, 6.07) is 7.41. The average Bonchev–Trinajstić information content (AvgIpc) is 2.53. The number of rotatable bonds is 1. The van der Waals surface area contributed by atoms with Crippen LogP contribution in [0.5, 0.6) is 0 Å². The second-order valence-corrected chi connectivity index (χ2v) is 3.75. The second kappa shape index (κ2) is 2.36. The lowest BCUT2D eigenvalue weighted by atomic mass is 9.94. The van der Waals surface area contributed by atoms with Crippen LogP contribution in [0.3, 0.4) is 0 Å². The molecule has 1 aromatic carbocycles. The number of hydrogen-bond donors (Lipinski definition) is 1. The smallest absolute Gasteiger partial charge is 0.0431 e. The Balaban J connectivity index is 2.18. The molecule has 1 heterocycles. The molecule has 68 valence electrons. The van der Waals surface area contributed by atoms with E-state index in [1.165, 1.54) is 0 Å². The second-order valence-electron chi connectivity index (χ2n) is 3.75. The Labute approximate surface area is 86.2 Å². The van der Waals surface area contributed by atoms with Gasteiger partial charge in [0.2, 0.25) is 0 Å². The molecule has 0 aromatic heterocycles. The van der Waals surface area contributed by atoms with Crippen molar-refractivity contribution in [3.05, 3.63) is 35.4 Å². The van der Waals surface area contributed by atoms with Crippen LogP contribution >= 0.6 is 0 Å². The number of hydrogen-bond acceptors (Lipinski definition) is 1. The van der Waals surface area contributed by atoms with E-state index in [2.05, 4.69) is 5.32 Å². The van der Waals surface area contributed by atoms with Crippen molar-refractivity contribution < 1.29 is 6.85 Å². The van der Waals surface area contributed by atoms with Gasteiger partial charge in [-0.2, -0.15) is 0 Å². The van der Waals surface area contributed by atoms with Crippen LogP contribution in [0, 0.1) is 12.8 Å². The topological polar surface area (TPSA) is 12.0 Å². The molecule has 1 nitrogen and oxygen atoms in total. The Morgan fingerprint density at radius 3 is 3.31 bits per heavy atom. The first-order valence-corrected chi connectivity index (χ1v) is 4.53. The van der Waals surface area contributed by atoms with Crippen molar-refractivity contribution in [3.8, 4) is 0 Å². The number of fused-ring (bicyclic) bond motifs is 1. The number of benzene rings is 1. The van der Waals surface area contributed by atoms with Gasteiger partial charge in [-0.25, -0.2) is 0 Å². The van der Waals surface area contributed by atoms with Crippen molar-refractivity contribution in [2.75, 3.05) is 13.0 Å². The first kappa shape index (κ1) is 4.14. The molecule has 3 rings (SSSR count). The first-order valence-electron chi connectivity index (χ1n) is 7.03. The normalized spacial score (nSPS) is 55.0. The molecule has 1 aliphatic carbocycles. The van der Waals surface area contributed by atoms with Crippen LogP contribution in [-0.4, -0.2) is 13.0 Å². The fourth-order valence-electron chi connectivity index (χ4n) is 1.95. The van der Waals surface area contributed by atoms with E-state index >= 15 is 0 Å². The summed E-state index contributed by atoms with van der Waals surface area (Å²) < 4.78 is 40.1. The molecule has 0 radical (unpaired) electrons. The van der Waals surface area contributed by atoms with Crippen LogP contribution < -0.4 is 5.32 Å². The van der Waals surface area contributed by atoms with E-state index < -0.39 is 24.2 Å². The van der Waals surface area contributed by atoms with Crippen molar-refractivity contribution in [2.24, 2.45) is 5.89 Å². The maximum atomic E-state index is 8.31. The molecule has 1 aliphatic heterocycles. The van der Waals surface area contributed by atoms with Gasteiger partial charge in [-0.1, -0.05) is 29.8 Å². The molecule has 1 heteroatoms. The van der Waals surface area contributed by atoms with E-state index in [1.54, 1.807) is 6.07 Å². The Bertz CT molecular complexity index is 529. The Morgan fingerprint density at radius 2 is 2.62 bits per heavy atom. The van der Waals surface area contributed by atoms with E-state index in [1.807, 2.05) is 25.1 Å². The molecule has 2 fully saturated rings. The minimum absolute atomic E-state index is 0.167. The van der Waals surface area contributed by atoms with Gasteiger partial charge in [0.1, 0.15) is 0 Å². The maximum Gasteiger partial charge on any atom is 0.0431 e. The molecule has 0 spiro atoms. The third-order valence-electron chi connectivity index (χ3n) is 2.78. The highest BCUT2D eigenvalue weighted by atomic mass is 15.0. The third-order valence-corrected chi connectivity index (χ3v) is 2.78. The Hall–Kier alpha value is -0.820. The van der Waals surface area contributed by atoms with E-state index in [0.29, 0.717) is 0 Å². The molecule has 2 atom stereocenters. The van der Waals surface area contributed by atoms with Crippen molar-refractivity contribution in [2.45, 2.75) is 18.7 Å². The Morgan fingerprint density at radius 1 is 1.69 bits per heavy atom. The quantitative estimate of drug-likeness (QED) is 0.692. The lowest BCUT2D eigenvalue weighted by Crippen LogP contribution is -2.19. The summed E-state index contributed by atoms with van der Waals surface area (Å²) in [6.07, 6.45) is -1.84. The molecule has 0 amide bonds. The number of aryl methyl sites for hydroxylation is 1. The largest absolute Gasteiger partial charge is 0.316 e. The maximum absolute atomic E-state index is 8.31. The highest BCUT2D eigenvalue weighted by Crippen LogP contribution is 2.56. The van der Waals surface area contributed by atoms with Gasteiger partial charge < -0.3 is 5.32 Å². The summed E-state index contributed by atoms with van der Waals surface area (Å²) in [4.78, 5) is 0. The zero-order valence-electron chi connectivity index (χ0n) is 12.5. The van der Waals surface area contributed by atoms with E-state index in [9.17, 15) is 0 Å². The summed E-state index contributed by atoms with van der Waals surface area (Å²) in [5.74, 6) is -1.75. The number of nitrogens with one attached hydrogen (secondary N) is 1. The fourth-order valence-corrected chi connectivity index (χ4v) is 1.95. The molecule has 1 N–H and O–H groups in total. The van der Waals surface area contributed by atoms with Gasteiger partial charge in [-0.15, -0.1) is 0 Å². The average molecular weight is 178 g/mol. The van der Waals surface area contributed by atoms with E-state index in [0.717, 1.165) is 11.1 Å². The molecular formula is C12H15N. The highest BCUT2D eigenvalue weighted by molar-refractivity contribution is 5.38. The van der Waals surface area contributed by atoms with Crippen molar-refractivity contribution >= 4 is 0 Å². The van der Waals surface area contributed by atoms with Gasteiger partial charge in [0.05, 0.1) is 0 Å². The van der Waals surface area contributed by atoms with Crippen LogP contribution in [0.4, 0.5) is 0 Å². The lowest BCUT2D eigenvalue weighted by molar-refractivity contribution is 0.675. The Kier molecular flexibility index (Phi) is 0.750. The molecule has 2 aliphatic rings. The van der Waals surface area contributed by atoms with Crippen LogP contribution in [0.15, 0.2) is 24.3 Å². The summed E-state index contributed by atoms with van der Waals surface area (Å²) in [7, 11) is 0. The molecule has 13 heavy (non-hydrogen) atoms. The minimum atomic E-state index is -2.00. The van der Waals surface area contributed by atoms with Crippen molar-refractivity contribution in [3.63, 3.8) is 0 Å². The van der Waals surface area contributed by atoms with Gasteiger partial charge in [0, 0.05) is 18.8 Å². The van der Waals surface area contributed by atoms with Crippen molar-refractivity contribution in [1.29, 1.82) is 0 Å². The highest BCUT2D eigenvalue weighted by Gasteiger charge is 2.57. The van der Waals surface area contributed by atoms with Crippen molar-refractivity contribution in [1.82, 2.24) is 5.32 Å². The van der Waals surface area contributed by atoms with E-state index in [4.69, 9.17) is 6.85 Å². The zero-order chi connectivity index (χ0) is 13.4. The predicted molar refractivity (Wildman–Crippen MR) is 53.8 cm³/mol. The minimum Gasteiger partial charge on any atom is -0.316 e. The molecule has 0 bridgehead atoms. The molecule has 1 saturated carbocycles. The van der Waals surface area contributed by atoms with Gasteiger partial charge in [0.25, 0.3) is 0 Å².